The van der Waals surface area contributed by atoms with Crippen LogP contribution in [0.25, 0.3) is 0 Å². The number of nitrogens with two attached hydrogens (primary N) is 1. The van der Waals surface area contributed by atoms with E-state index in [1.54, 1.807) is 24.1 Å². The minimum absolute atomic E-state index is 0.0547. The monoisotopic (exact) mass is 281 g/mol. The molecule has 0 unspecified atom stereocenters. The number of amides is 1. The summed E-state index contributed by atoms with van der Waals surface area (Å²) in [4.78, 5) is 14.7. The normalized spacial score (nSPS) is 17.3. The molecule has 0 aromatic carbocycles. The molecule has 0 radical (unpaired) electrons. The van der Waals surface area contributed by atoms with Crippen LogP contribution in [-0.2, 0) is 7.05 Å². The van der Waals surface area contributed by atoms with Gasteiger partial charge in [-0.2, -0.15) is 5.10 Å². The lowest BCUT2D eigenvalue weighted by atomic mass is 10.0. The van der Waals surface area contributed by atoms with Crippen molar-refractivity contribution in [2.45, 2.75) is 18.9 Å². The van der Waals surface area contributed by atoms with Crippen molar-refractivity contribution in [2.24, 2.45) is 12.8 Å². The van der Waals surface area contributed by atoms with Gasteiger partial charge >= 0.3 is 0 Å². The van der Waals surface area contributed by atoms with Gasteiger partial charge < -0.3 is 11.1 Å². The summed E-state index contributed by atoms with van der Waals surface area (Å²) in [7, 11) is 1.80. The third-order valence-electron chi connectivity index (χ3n) is 3.27. The zero-order chi connectivity index (χ0) is 13.8. The van der Waals surface area contributed by atoms with Gasteiger partial charge in [0.1, 0.15) is 0 Å². The Morgan fingerprint density at radius 1 is 1.58 bits per heavy atom. The quantitative estimate of drug-likeness (QED) is 0.754. The summed E-state index contributed by atoms with van der Waals surface area (Å²) in [5, 5.41) is 7.03. The van der Waals surface area contributed by atoms with Gasteiger partial charge in [-0.25, -0.2) is 0 Å². The van der Waals surface area contributed by atoms with Gasteiger partial charge in [0.2, 0.25) is 0 Å². The summed E-state index contributed by atoms with van der Waals surface area (Å²) >= 11 is 4.90. The fourth-order valence-corrected chi connectivity index (χ4v) is 2.45. The van der Waals surface area contributed by atoms with E-state index in [-0.39, 0.29) is 11.9 Å². The van der Waals surface area contributed by atoms with Crippen LogP contribution >= 0.6 is 12.2 Å². The number of nitrogens with zero attached hydrogens (tertiary/aromatic N) is 3. The molecule has 2 heterocycles. The highest BCUT2D eigenvalue weighted by atomic mass is 32.1. The van der Waals surface area contributed by atoms with Gasteiger partial charge in [0, 0.05) is 38.9 Å². The van der Waals surface area contributed by atoms with Crippen molar-refractivity contribution in [3.05, 3.63) is 18.0 Å². The Labute approximate surface area is 117 Å². The van der Waals surface area contributed by atoms with Crippen molar-refractivity contribution in [2.75, 3.05) is 19.6 Å². The second-order valence-electron chi connectivity index (χ2n) is 4.89. The Morgan fingerprint density at radius 2 is 2.26 bits per heavy atom. The molecule has 1 aliphatic rings. The number of likely N-dealkylation sites (tertiary alicyclic amines) is 1. The molecule has 1 amide bonds. The first-order valence-electron chi connectivity index (χ1n) is 6.35. The molecular formula is C12H19N5OS. The Bertz CT molecular complexity index is 464. The van der Waals surface area contributed by atoms with E-state index in [4.69, 9.17) is 18.0 Å². The summed E-state index contributed by atoms with van der Waals surface area (Å²) < 4.78 is 1.62. The number of nitrogens with one attached hydrogen (secondary N) is 1. The number of carbonyl (C=O) groups is 1. The predicted octanol–water partition coefficient (Wildman–Crippen LogP) is -0.0996. The van der Waals surface area contributed by atoms with Crippen LogP contribution in [-0.4, -0.2) is 51.3 Å². The lowest BCUT2D eigenvalue weighted by Gasteiger charge is -2.31. The van der Waals surface area contributed by atoms with Crippen molar-refractivity contribution in [3.8, 4) is 0 Å². The topological polar surface area (TPSA) is 76.2 Å². The zero-order valence-electron chi connectivity index (χ0n) is 11.0. The lowest BCUT2D eigenvalue weighted by Crippen LogP contribution is -2.46. The average molecular weight is 281 g/mol. The van der Waals surface area contributed by atoms with Crippen LogP contribution in [0.4, 0.5) is 0 Å². The molecule has 7 heteroatoms. The molecule has 3 N–H and O–H groups in total. The van der Waals surface area contributed by atoms with Crippen LogP contribution in [0, 0.1) is 0 Å². The second-order valence-corrected chi connectivity index (χ2v) is 5.42. The molecule has 1 fully saturated rings. The van der Waals surface area contributed by atoms with Crippen LogP contribution in [0.3, 0.4) is 0 Å². The summed E-state index contributed by atoms with van der Waals surface area (Å²) in [6.07, 6.45) is 5.15. The van der Waals surface area contributed by atoms with Gasteiger partial charge in [0.05, 0.1) is 16.7 Å². The van der Waals surface area contributed by atoms with Crippen LogP contribution in [0.2, 0.25) is 0 Å². The SMILES string of the molecule is Cn1cc(C(=O)NC2CCN(CC(N)=S)CC2)cn1. The number of aromatic nitrogens is 2. The molecule has 0 saturated carbocycles. The number of rotatable bonds is 4. The fraction of sp³-hybridized carbons (Fsp3) is 0.583. The number of aryl methyl sites for hydroxylation is 1. The molecule has 2 rings (SSSR count). The largest absolute Gasteiger partial charge is 0.392 e. The van der Waals surface area contributed by atoms with Crippen LogP contribution in [0.15, 0.2) is 12.4 Å². The highest BCUT2D eigenvalue weighted by molar-refractivity contribution is 7.80. The zero-order valence-corrected chi connectivity index (χ0v) is 11.8. The van der Waals surface area contributed by atoms with E-state index in [9.17, 15) is 4.79 Å². The van der Waals surface area contributed by atoms with Gasteiger partial charge in [-0.3, -0.25) is 14.4 Å². The van der Waals surface area contributed by atoms with E-state index < -0.39 is 0 Å². The Balaban J connectivity index is 1.79. The first-order valence-corrected chi connectivity index (χ1v) is 6.75. The van der Waals surface area contributed by atoms with E-state index in [0.29, 0.717) is 17.1 Å². The fourth-order valence-electron chi connectivity index (χ4n) is 2.26. The number of hydrogen-bond donors (Lipinski definition) is 2. The number of thiocarbonyl (C=S) groups is 1. The molecule has 0 atom stereocenters. The molecule has 1 aliphatic heterocycles. The van der Waals surface area contributed by atoms with Crippen molar-refractivity contribution in [1.29, 1.82) is 0 Å². The number of hydrogen-bond acceptors (Lipinski definition) is 4. The highest BCUT2D eigenvalue weighted by Gasteiger charge is 2.21. The number of piperidine rings is 1. The van der Waals surface area contributed by atoms with Crippen molar-refractivity contribution in [1.82, 2.24) is 20.0 Å². The summed E-state index contributed by atoms with van der Waals surface area (Å²) in [6, 6.07) is 0.218. The Morgan fingerprint density at radius 3 is 2.79 bits per heavy atom. The minimum atomic E-state index is -0.0547. The summed E-state index contributed by atoms with van der Waals surface area (Å²) in [5.41, 5.74) is 6.13. The summed E-state index contributed by atoms with van der Waals surface area (Å²) in [6.45, 7) is 2.49. The van der Waals surface area contributed by atoms with E-state index in [0.717, 1.165) is 25.9 Å². The average Bonchev–Trinajstić information content (AvgIpc) is 2.78. The minimum Gasteiger partial charge on any atom is -0.392 e. The van der Waals surface area contributed by atoms with E-state index in [1.807, 2.05) is 0 Å². The van der Waals surface area contributed by atoms with E-state index in [1.165, 1.54) is 0 Å². The molecular weight excluding hydrogens is 262 g/mol. The van der Waals surface area contributed by atoms with E-state index in [2.05, 4.69) is 15.3 Å². The molecule has 1 aromatic rings. The first-order chi connectivity index (χ1) is 9.04. The van der Waals surface area contributed by atoms with Crippen LogP contribution < -0.4 is 11.1 Å². The smallest absolute Gasteiger partial charge is 0.254 e. The molecule has 1 saturated heterocycles. The maximum Gasteiger partial charge on any atom is 0.254 e. The summed E-state index contributed by atoms with van der Waals surface area (Å²) in [5.74, 6) is -0.0547. The van der Waals surface area contributed by atoms with Crippen molar-refractivity contribution < 1.29 is 4.79 Å². The maximum atomic E-state index is 12.0. The standard InChI is InChI=1S/C12H19N5OS/c1-16-7-9(6-14-16)12(18)15-10-2-4-17(5-3-10)8-11(13)19/h6-7,10H,2-5,8H2,1H3,(H2,13,19)(H,15,18). The van der Waals surface area contributed by atoms with Crippen molar-refractivity contribution >= 4 is 23.1 Å². The third kappa shape index (κ3) is 4.00. The Hall–Kier alpha value is -1.47. The molecule has 0 spiro atoms. The Kier molecular flexibility index (Phi) is 4.49. The predicted molar refractivity (Wildman–Crippen MR) is 76.9 cm³/mol. The van der Waals surface area contributed by atoms with E-state index >= 15 is 0 Å². The number of carbonyl (C=O) groups excluding carboxylic acids is 1. The van der Waals surface area contributed by atoms with Gasteiger partial charge in [-0.05, 0) is 12.8 Å². The molecule has 19 heavy (non-hydrogen) atoms. The van der Waals surface area contributed by atoms with Crippen LogP contribution in [0.5, 0.6) is 0 Å². The highest BCUT2D eigenvalue weighted by Crippen LogP contribution is 2.10. The maximum absolute atomic E-state index is 12.0. The van der Waals surface area contributed by atoms with Gasteiger partial charge in [0.25, 0.3) is 5.91 Å². The molecule has 0 bridgehead atoms. The van der Waals surface area contributed by atoms with Gasteiger partial charge in [-0.15, -0.1) is 0 Å². The molecule has 6 nitrogen and oxygen atoms in total. The van der Waals surface area contributed by atoms with Gasteiger partial charge in [-0.1, -0.05) is 12.2 Å². The lowest BCUT2D eigenvalue weighted by molar-refractivity contribution is 0.0915. The van der Waals surface area contributed by atoms with Crippen molar-refractivity contribution in [3.63, 3.8) is 0 Å². The first kappa shape index (κ1) is 14.0. The molecule has 0 aliphatic carbocycles. The second kappa shape index (κ2) is 6.12. The third-order valence-corrected chi connectivity index (χ3v) is 3.40. The van der Waals surface area contributed by atoms with Gasteiger partial charge in [0.15, 0.2) is 0 Å². The molecule has 104 valence electrons. The van der Waals surface area contributed by atoms with Crippen LogP contribution in [0.1, 0.15) is 23.2 Å². The molecule has 1 aromatic heterocycles.